The summed E-state index contributed by atoms with van der Waals surface area (Å²) in [7, 11) is 3.03. The number of carbonyl (C=O) groups is 1. The molecule has 10 heteroatoms. The molecule has 0 atom stereocenters. The maximum Gasteiger partial charge on any atom is 0.155 e. The van der Waals surface area contributed by atoms with Crippen LogP contribution >= 0.6 is 35.6 Å². The summed E-state index contributed by atoms with van der Waals surface area (Å²) >= 11 is 11.5. The van der Waals surface area contributed by atoms with Gasteiger partial charge in [-0.25, -0.2) is 5.90 Å². The van der Waals surface area contributed by atoms with Crippen LogP contribution in [-0.2, 0) is 0 Å². The predicted molar refractivity (Wildman–Crippen MR) is 104 cm³/mol. The molecule has 0 spiro atoms. The van der Waals surface area contributed by atoms with E-state index in [1.807, 2.05) is 0 Å². The second-order valence-electron chi connectivity index (χ2n) is 4.07. The van der Waals surface area contributed by atoms with E-state index in [0.717, 1.165) is 0 Å². The highest BCUT2D eigenvalue weighted by atomic mass is 35.5. The normalized spacial score (nSPS) is 9.00. The van der Waals surface area contributed by atoms with E-state index in [1.54, 1.807) is 36.4 Å². The number of hydrogen-bond acceptors (Lipinski definition) is 7. The Morgan fingerprint density at radius 3 is 1.73 bits per heavy atom. The minimum Gasteiger partial charge on any atom is -0.496 e. The van der Waals surface area contributed by atoms with Crippen molar-refractivity contribution in [2.75, 3.05) is 14.2 Å². The molecule has 2 rings (SSSR count). The third-order valence-electron chi connectivity index (χ3n) is 2.77. The van der Waals surface area contributed by atoms with E-state index in [-0.39, 0.29) is 12.4 Å². The van der Waals surface area contributed by atoms with Crippen LogP contribution in [0, 0.1) is 0 Å². The lowest BCUT2D eigenvalue weighted by molar-refractivity contribution is 0.112. The molecular formula is C16H19Cl3N2O5. The Balaban J connectivity index is 0. The zero-order valence-corrected chi connectivity index (χ0v) is 16.3. The van der Waals surface area contributed by atoms with Crippen molar-refractivity contribution in [3.05, 3.63) is 57.6 Å². The van der Waals surface area contributed by atoms with Crippen LogP contribution in [0.1, 0.15) is 15.9 Å². The van der Waals surface area contributed by atoms with E-state index in [1.165, 1.54) is 20.4 Å². The van der Waals surface area contributed by atoms with Crippen LogP contribution < -0.4 is 15.4 Å². The van der Waals surface area contributed by atoms with Gasteiger partial charge >= 0.3 is 0 Å². The summed E-state index contributed by atoms with van der Waals surface area (Å²) in [5.41, 5.74) is 0.973. The van der Waals surface area contributed by atoms with Crippen LogP contribution in [0.15, 0.2) is 41.6 Å². The van der Waals surface area contributed by atoms with Crippen LogP contribution in [0.4, 0.5) is 0 Å². The number of benzene rings is 2. The number of methoxy groups -OCH3 is 2. The molecule has 0 heterocycles. The lowest BCUT2D eigenvalue weighted by Crippen LogP contribution is -1.91. The summed E-state index contributed by atoms with van der Waals surface area (Å²) in [6, 6.07) is 10.3. The second-order valence-corrected chi connectivity index (χ2v) is 4.89. The Kier molecular flexibility index (Phi) is 15.4. The minimum atomic E-state index is 0. The molecule has 0 aliphatic carbocycles. The van der Waals surface area contributed by atoms with Crippen molar-refractivity contribution in [2.24, 2.45) is 11.1 Å². The Morgan fingerprint density at radius 2 is 1.38 bits per heavy atom. The first kappa shape index (κ1) is 26.2. The fraction of sp³-hybridized carbons (Fsp3) is 0.125. The van der Waals surface area contributed by atoms with Crippen molar-refractivity contribution < 1.29 is 24.7 Å². The summed E-state index contributed by atoms with van der Waals surface area (Å²) in [5.74, 6) is 4.59. The molecule has 0 unspecified atom stereocenters. The highest BCUT2D eigenvalue weighted by Gasteiger charge is 2.04. The Hall–Kier alpha value is -2.03. The minimum absolute atomic E-state index is 0. The second kappa shape index (κ2) is 15.2. The van der Waals surface area contributed by atoms with Gasteiger partial charge in [0.2, 0.25) is 0 Å². The average Bonchev–Trinajstić information content (AvgIpc) is 2.65. The number of aldehydes is 1. The Bertz CT molecular complexity index is 700. The number of oxime groups is 1. The molecule has 0 saturated heterocycles. The number of ether oxygens (including phenoxy) is 2. The first-order chi connectivity index (χ1) is 12.1. The Morgan fingerprint density at radius 1 is 0.962 bits per heavy atom. The van der Waals surface area contributed by atoms with Gasteiger partial charge in [-0.05, 0) is 24.3 Å². The molecule has 0 bridgehead atoms. The number of nitrogens with two attached hydrogens (primary N) is 1. The van der Waals surface area contributed by atoms with Crippen LogP contribution in [-0.4, -0.2) is 37.1 Å². The van der Waals surface area contributed by atoms with E-state index >= 15 is 0 Å². The zero-order chi connectivity index (χ0) is 19.2. The molecule has 0 aliphatic heterocycles. The molecule has 4 N–H and O–H groups in total. The van der Waals surface area contributed by atoms with Gasteiger partial charge in [0.05, 0.1) is 41.6 Å². The number of nitrogens with zero attached hydrogens (tertiary/aromatic N) is 1. The van der Waals surface area contributed by atoms with Gasteiger partial charge in [-0.1, -0.05) is 40.5 Å². The van der Waals surface area contributed by atoms with Crippen LogP contribution in [0.25, 0.3) is 0 Å². The molecule has 7 nitrogen and oxygen atoms in total. The van der Waals surface area contributed by atoms with E-state index in [9.17, 15) is 4.79 Å². The van der Waals surface area contributed by atoms with Crippen LogP contribution in [0.2, 0.25) is 10.0 Å². The van der Waals surface area contributed by atoms with E-state index in [2.05, 4.69) is 11.1 Å². The van der Waals surface area contributed by atoms with Gasteiger partial charge in [0.15, 0.2) is 6.29 Å². The third kappa shape index (κ3) is 7.90. The van der Waals surface area contributed by atoms with E-state index in [0.29, 0.717) is 39.0 Å². The third-order valence-corrected chi connectivity index (χ3v) is 3.43. The lowest BCUT2D eigenvalue weighted by Gasteiger charge is -2.04. The quantitative estimate of drug-likeness (QED) is 0.294. The van der Waals surface area contributed by atoms with Crippen molar-refractivity contribution >= 4 is 48.1 Å². The number of halogens is 3. The maximum absolute atomic E-state index is 10.4. The SMILES string of the molecule is COc1cccc(Cl)c1/C=N/O.COc1cccc(Cl)c1C=O.Cl.NO. The molecule has 2 aromatic rings. The molecule has 0 aromatic heterocycles. The standard InChI is InChI=1S/C8H8ClNO2.C8H7ClO2.ClH.H3NO/c1-12-8-4-2-3-7(9)6(8)5-10-11;1-11-8-4-2-3-7(9)6(8)5-10;;1-2/h2-5,11H,1H3;2-5H,1H3;1H;2H,1H2/b10-5+;;;. The highest BCUT2D eigenvalue weighted by molar-refractivity contribution is 6.33. The molecule has 0 amide bonds. The van der Waals surface area contributed by atoms with E-state index < -0.39 is 0 Å². The van der Waals surface area contributed by atoms with Gasteiger partial charge < -0.3 is 19.9 Å². The number of hydrogen-bond donors (Lipinski definition) is 3. The van der Waals surface area contributed by atoms with Gasteiger partial charge in [0, 0.05) is 0 Å². The fourth-order valence-corrected chi connectivity index (χ4v) is 2.11. The van der Waals surface area contributed by atoms with Gasteiger partial charge in [0.25, 0.3) is 0 Å². The number of rotatable bonds is 4. The topological polar surface area (TPSA) is 114 Å². The smallest absolute Gasteiger partial charge is 0.155 e. The van der Waals surface area contributed by atoms with Crippen molar-refractivity contribution in [1.29, 1.82) is 0 Å². The summed E-state index contributed by atoms with van der Waals surface area (Å²) in [5, 5.41) is 18.6. The lowest BCUT2D eigenvalue weighted by atomic mass is 10.2. The zero-order valence-electron chi connectivity index (χ0n) is 13.9. The fourth-order valence-electron chi connectivity index (χ4n) is 1.69. The molecule has 0 radical (unpaired) electrons. The predicted octanol–water partition coefficient (Wildman–Crippen LogP) is 4.07. The van der Waals surface area contributed by atoms with Gasteiger partial charge in [-0.3, -0.25) is 4.79 Å². The molecule has 0 aliphatic rings. The summed E-state index contributed by atoms with van der Waals surface area (Å²) in [4.78, 5) is 10.4. The summed E-state index contributed by atoms with van der Waals surface area (Å²) in [6.07, 6.45) is 1.92. The molecule has 0 fully saturated rings. The van der Waals surface area contributed by atoms with Crippen molar-refractivity contribution in [3.8, 4) is 11.5 Å². The molecule has 144 valence electrons. The first-order valence-corrected chi connectivity index (χ1v) is 7.38. The maximum atomic E-state index is 10.4. The van der Waals surface area contributed by atoms with Gasteiger partial charge in [-0.2, -0.15) is 0 Å². The average molecular weight is 426 g/mol. The number of carbonyl (C=O) groups excluding carboxylic acids is 1. The van der Waals surface area contributed by atoms with Crippen molar-refractivity contribution in [1.82, 2.24) is 0 Å². The highest BCUT2D eigenvalue weighted by Crippen LogP contribution is 2.24. The Labute approximate surface area is 167 Å². The van der Waals surface area contributed by atoms with Crippen molar-refractivity contribution in [2.45, 2.75) is 0 Å². The van der Waals surface area contributed by atoms with Gasteiger partial charge in [0.1, 0.15) is 11.5 Å². The molecule has 26 heavy (non-hydrogen) atoms. The molecule has 2 aromatic carbocycles. The summed E-state index contributed by atoms with van der Waals surface area (Å²) < 4.78 is 9.89. The van der Waals surface area contributed by atoms with Crippen LogP contribution in [0.5, 0.6) is 11.5 Å². The largest absolute Gasteiger partial charge is 0.496 e. The van der Waals surface area contributed by atoms with Gasteiger partial charge in [-0.15, -0.1) is 12.4 Å². The molecular weight excluding hydrogens is 407 g/mol. The van der Waals surface area contributed by atoms with Crippen LogP contribution in [0.3, 0.4) is 0 Å². The first-order valence-electron chi connectivity index (χ1n) is 6.62. The summed E-state index contributed by atoms with van der Waals surface area (Å²) in [6.45, 7) is 0. The van der Waals surface area contributed by atoms with Crippen molar-refractivity contribution in [3.63, 3.8) is 0 Å². The molecule has 0 saturated carbocycles. The monoisotopic (exact) mass is 424 g/mol. The van der Waals surface area contributed by atoms with E-state index in [4.69, 9.17) is 43.1 Å².